The van der Waals surface area contributed by atoms with Crippen LogP contribution in [0.2, 0.25) is 0 Å². The van der Waals surface area contributed by atoms with Crippen molar-refractivity contribution in [2.24, 2.45) is 0 Å². The van der Waals surface area contributed by atoms with Crippen LogP contribution in [0.5, 0.6) is 5.75 Å². The van der Waals surface area contributed by atoms with E-state index in [1.54, 1.807) is 0 Å². The third-order valence-corrected chi connectivity index (χ3v) is 5.04. The average molecular weight is 381 g/mol. The van der Waals surface area contributed by atoms with Crippen LogP contribution in [0.4, 0.5) is 0 Å². The first kappa shape index (κ1) is 19.1. The van der Waals surface area contributed by atoms with E-state index in [2.05, 4.69) is 22.4 Å². The van der Waals surface area contributed by atoms with Gasteiger partial charge in [0.2, 0.25) is 5.91 Å². The smallest absolute Gasteiger partial charge is 0.226 e. The van der Waals surface area contributed by atoms with Gasteiger partial charge in [-0.2, -0.15) is 0 Å². The Morgan fingerprint density at radius 1 is 1.11 bits per heavy atom. The highest BCUT2D eigenvalue weighted by atomic mass is 32.1. The Kier molecular flexibility index (Phi) is 6.99. The molecular formula is C22H24N2O2S. The second-order valence-corrected chi connectivity index (χ2v) is 7.05. The summed E-state index contributed by atoms with van der Waals surface area (Å²) < 4.78 is 5.67. The van der Waals surface area contributed by atoms with Crippen LogP contribution in [0, 0.1) is 0 Å². The number of benzene rings is 2. The summed E-state index contributed by atoms with van der Waals surface area (Å²) in [7, 11) is 0. The van der Waals surface area contributed by atoms with E-state index >= 15 is 0 Å². The maximum Gasteiger partial charge on any atom is 0.226 e. The minimum absolute atomic E-state index is 0.0120. The molecule has 1 N–H and O–H groups in total. The van der Waals surface area contributed by atoms with Gasteiger partial charge in [-0.05, 0) is 37.5 Å². The number of ether oxygens (including phenoxy) is 1. The first-order valence-corrected chi connectivity index (χ1v) is 10.1. The van der Waals surface area contributed by atoms with Gasteiger partial charge in [0.05, 0.1) is 24.3 Å². The lowest BCUT2D eigenvalue weighted by atomic mass is 10.1. The molecule has 0 aliphatic rings. The molecule has 3 aromatic rings. The Bertz CT molecular complexity index is 862. The molecule has 0 saturated carbocycles. The van der Waals surface area contributed by atoms with Crippen molar-refractivity contribution in [3.63, 3.8) is 0 Å². The molecule has 1 heterocycles. The summed E-state index contributed by atoms with van der Waals surface area (Å²) in [6.45, 7) is 3.25. The van der Waals surface area contributed by atoms with E-state index in [1.807, 2.05) is 54.8 Å². The fourth-order valence-electron chi connectivity index (χ4n) is 2.83. The summed E-state index contributed by atoms with van der Waals surface area (Å²) in [5, 5.41) is 5.81. The first-order valence-electron chi connectivity index (χ1n) is 9.23. The SMILES string of the molecule is CCOc1ccccc1-c1nc(CC(=O)NCCCc2ccccc2)cs1. The zero-order valence-electron chi connectivity index (χ0n) is 15.5. The van der Waals surface area contributed by atoms with Gasteiger partial charge in [-0.15, -0.1) is 11.3 Å². The average Bonchev–Trinajstić information content (AvgIpc) is 3.15. The zero-order chi connectivity index (χ0) is 18.9. The van der Waals surface area contributed by atoms with Gasteiger partial charge >= 0.3 is 0 Å². The number of rotatable bonds is 9. The van der Waals surface area contributed by atoms with Crippen molar-refractivity contribution < 1.29 is 9.53 Å². The topological polar surface area (TPSA) is 51.2 Å². The van der Waals surface area contributed by atoms with Crippen LogP contribution >= 0.6 is 11.3 Å². The molecule has 0 unspecified atom stereocenters. The van der Waals surface area contributed by atoms with Crippen molar-refractivity contribution in [2.45, 2.75) is 26.2 Å². The number of nitrogens with zero attached hydrogens (tertiary/aromatic N) is 1. The van der Waals surface area contributed by atoms with E-state index in [4.69, 9.17) is 4.74 Å². The monoisotopic (exact) mass is 380 g/mol. The van der Waals surface area contributed by atoms with E-state index in [1.165, 1.54) is 16.9 Å². The summed E-state index contributed by atoms with van der Waals surface area (Å²) in [5.74, 6) is 0.837. The zero-order valence-corrected chi connectivity index (χ0v) is 16.3. The highest BCUT2D eigenvalue weighted by molar-refractivity contribution is 7.13. The number of aromatic nitrogens is 1. The van der Waals surface area contributed by atoms with E-state index in [0.717, 1.165) is 34.9 Å². The third-order valence-electron chi connectivity index (χ3n) is 4.12. The standard InChI is InChI=1S/C22H24N2O2S/c1-2-26-20-13-7-6-12-19(20)22-24-18(16-27-22)15-21(25)23-14-8-11-17-9-4-3-5-10-17/h3-7,9-10,12-13,16H,2,8,11,14-15H2,1H3,(H,23,25). The lowest BCUT2D eigenvalue weighted by Gasteiger charge is -2.07. The molecule has 2 aromatic carbocycles. The Labute approximate surface area is 164 Å². The molecule has 0 aliphatic carbocycles. The summed E-state index contributed by atoms with van der Waals surface area (Å²) in [6.07, 6.45) is 2.20. The second-order valence-electron chi connectivity index (χ2n) is 6.19. The van der Waals surface area contributed by atoms with E-state index < -0.39 is 0 Å². The number of carbonyl (C=O) groups excluding carboxylic acids is 1. The van der Waals surface area contributed by atoms with E-state index in [0.29, 0.717) is 19.6 Å². The summed E-state index contributed by atoms with van der Waals surface area (Å²) in [6, 6.07) is 18.2. The maximum atomic E-state index is 12.2. The number of aryl methyl sites for hydroxylation is 1. The molecule has 140 valence electrons. The second kappa shape index (κ2) is 9.88. The Hall–Kier alpha value is -2.66. The maximum absolute atomic E-state index is 12.2. The number of thiazole rings is 1. The van der Waals surface area contributed by atoms with Crippen molar-refractivity contribution in [3.05, 3.63) is 71.2 Å². The highest BCUT2D eigenvalue weighted by Crippen LogP contribution is 2.32. The number of amides is 1. The fourth-order valence-corrected chi connectivity index (χ4v) is 3.68. The van der Waals surface area contributed by atoms with Crippen LogP contribution < -0.4 is 10.1 Å². The Morgan fingerprint density at radius 2 is 1.89 bits per heavy atom. The van der Waals surface area contributed by atoms with Crippen LogP contribution in [0.15, 0.2) is 60.0 Å². The van der Waals surface area contributed by atoms with Crippen LogP contribution in [0.25, 0.3) is 10.6 Å². The number of nitrogens with one attached hydrogen (secondary N) is 1. The quantitative estimate of drug-likeness (QED) is 0.556. The summed E-state index contributed by atoms with van der Waals surface area (Å²) >= 11 is 1.54. The molecule has 1 aromatic heterocycles. The van der Waals surface area contributed by atoms with Gasteiger partial charge in [0.25, 0.3) is 0 Å². The van der Waals surface area contributed by atoms with Crippen LogP contribution in [0.3, 0.4) is 0 Å². The molecule has 0 bridgehead atoms. The molecule has 27 heavy (non-hydrogen) atoms. The van der Waals surface area contributed by atoms with E-state index in [-0.39, 0.29) is 5.91 Å². The Balaban J connectivity index is 1.49. The molecule has 0 fully saturated rings. The molecule has 0 saturated heterocycles. The third kappa shape index (κ3) is 5.66. The molecule has 4 nitrogen and oxygen atoms in total. The van der Waals surface area contributed by atoms with Crippen LogP contribution in [-0.4, -0.2) is 24.0 Å². The molecule has 3 rings (SSSR count). The molecule has 1 amide bonds. The van der Waals surface area contributed by atoms with Crippen molar-refractivity contribution in [1.29, 1.82) is 0 Å². The van der Waals surface area contributed by atoms with Gasteiger partial charge < -0.3 is 10.1 Å². The fraction of sp³-hybridized carbons (Fsp3) is 0.273. The lowest BCUT2D eigenvalue weighted by Crippen LogP contribution is -2.26. The minimum Gasteiger partial charge on any atom is -0.493 e. The predicted molar refractivity (Wildman–Crippen MR) is 110 cm³/mol. The molecule has 0 spiro atoms. The van der Waals surface area contributed by atoms with Crippen molar-refractivity contribution in [1.82, 2.24) is 10.3 Å². The van der Waals surface area contributed by atoms with Gasteiger partial charge in [0.1, 0.15) is 10.8 Å². The molecule has 0 aliphatic heterocycles. The summed E-state index contributed by atoms with van der Waals surface area (Å²) in [5.41, 5.74) is 3.06. The van der Waals surface area contributed by atoms with Crippen molar-refractivity contribution in [3.8, 4) is 16.3 Å². The van der Waals surface area contributed by atoms with Crippen molar-refractivity contribution >= 4 is 17.2 Å². The molecule has 0 radical (unpaired) electrons. The first-order chi connectivity index (χ1) is 13.3. The van der Waals surface area contributed by atoms with Crippen LogP contribution in [0.1, 0.15) is 24.6 Å². The molecule has 0 atom stereocenters. The number of carbonyl (C=O) groups is 1. The normalized spacial score (nSPS) is 10.6. The van der Waals surface area contributed by atoms with Gasteiger partial charge in [0, 0.05) is 11.9 Å². The lowest BCUT2D eigenvalue weighted by molar-refractivity contribution is -0.120. The minimum atomic E-state index is 0.0120. The highest BCUT2D eigenvalue weighted by Gasteiger charge is 2.12. The number of hydrogen-bond donors (Lipinski definition) is 1. The van der Waals surface area contributed by atoms with Gasteiger partial charge in [-0.3, -0.25) is 4.79 Å². The van der Waals surface area contributed by atoms with E-state index in [9.17, 15) is 4.79 Å². The van der Waals surface area contributed by atoms with Crippen LogP contribution in [-0.2, 0) is 17.6 Å². The molecule has 5 heteroatoms. The van der Waals surface area contributed by atoms with Crippen molar-refractivity contribution in [2.75, 3.05) is 13.2 Å². The summed E-state index contributed by atoms with van der Waals surface area (Å²) in [4.78, 5) is 16.8. The number of hydrogen-bond acceptors (Lipinski definition) is 4. The molecular weight excluding hydrogens is 356 g/mol. The Morgan fingerprint density at radius 3 is 2.70 bits per heavy atom. The van der Waals surface area contributed by atoms with Gasteiger partial charge in [-0.25, -0.2) is 4.98 Å². The van der Waals surface area contributed by atoms with Gasteiger partial charge in [0.15, 0.2) is 0 Å². The van der Waals surface area contributed by atoms with Gasteiger partial charge in [-0.1, -0.05) is 42.5 Å². The number of para-hydroxylation sites is 1. The predicted octanol–water partition coefficient (Wildman–Crippen LogP) is 4.50. The largest absolute Gasteiger partial charge is 0.493 e.